The molecule has 0 aliphatic rings. The van der Waals surface area contributed by atoms with Crippen molar-refractivity contribution in [1.82, 2.24) is 4.98 Å². The van der Waals surface area contributed by atoms with Crippen LogP contribution in [0.3, 0.4) is 0 Å². The van der Waals surface area contributed by atoms with E-state index in [1.54, 1.807) is 13.3 Å². The lowest BCUT2D eigenvalue weighted by Crippen LogP contribution is -2.02. The van der Waals surface area contributed by atoms with Gasteiger partial charge in [0.2, 0.25) is 0 Å². The standard InChI is InChI=1S/C18H18N2O/c1-21-17-9-8-15(16-3-2-12-20-18(16)17)14-6-4-13(5-7-14)10-11-19/h2-9,12H,10-11,19H2,1H3. The predicted molar refractivity (Wildman–Crippen MR) is 86.5 cm³/mol. The Kier molecular flexibility index (Phi) is 3.84. The molecule has 1 heterocycles. The number of rotatable bonds is 4. The highest BCUT2D eigenvalue weighted by molar-refractivity contribution is 5.97. The summed E-state index contributed by atoms with van der Waals surface area (Å²) in [6.45, 7) is 0.675. The highest BCUT2D eigenvalue weighted by Crippen LogP contribution is 2.33. The molecule has 0 fully saturated rings. The lowest BCUT2D eigenvalue weighted by molar-refractivity contribution is 0.419. The molecular formula is C18H18N2O. The van der Waals surface area contributed by atoms with E-state index in [9.17, 15) is 0 Å². The monoisotopic (exact) mass is 278 g/mol. The lowest BCUT2D eigenvalue weighted by Gasteiger charge is -2.10. The highest BCUT2D eigenvalue weighted by atomic mass is 16.5. The molecule has 2 aromatic carbocycles. The van der Waals surface area contributed by atoms with E-state index in [-0.39, 0.29) is 0 Å². The zero-order valence-electron chi connectivity index (χ0n) is 12.0. The SMILES string of the molecule is COc1ccc(-c2ccc(CCN)cc2)c2cccnc12. The van der Waals surface area contributed by atoms with E-state index in [2.05, 4.69) is 41.4 Å². The lowest BCUT2D eigenvalue weighted by atomic mass is 9.98. The van der Waals surface area contributed by atoms with Crippen molar-refractivity contribution < 1.29 is 4.74 Å². The third-order valence-corrected chi connectivity index (χ3v) is 3.65. The van der Waals surface area contributed by atoms with Crippen molar-refractivity contribution in [1.29, 1.82) is 0 Å². The Morgan fingerprint density at radius 1 is 1.05 bits per heavy atom. The molecule has 0 aliphatic heterocycles. The van der Waals surface area contributed by atoms with Crippen molar-refractivity contribution in [2.45, 2.75) is 6.42 Å². The van der Waals surface area contributed by atoms with Gasteiger partial charge in [0.1, 0.15) is 11.3 Å². The van der Waals surface area contributed by atoms with Crippen molar-refractivity contribution in [2.75, 3.05) is 13.7 Å². The Labute approximate surface area is 124 Å². The van der Waals surface area contributed by atoms with Crippen LogP contribution < -0.4 is 10.5 Å². The number of nitrogens with zero attached hydrogens (tertiary/aromatic N) is 1. The number of hydrogen-bond acceptors (Lipinski definition) is 3. The van der Waals surface area contributed by atoms with Gasteiger partial charge in [0.05, 0.1) is 7.11 Å². The molecule has 106 valence electrons. The average Bonchev–Trinajstić information content (AvgIpc) is 2.55. The van der Waals surface area contributed by atoms with Gasteiger partial charge in [-0.2, -0.15) is 0 Å². The first kappa shape index (κ1) is 13.6. The number of methoxy groups -OCH3 is 1. The molecule has 3 rings (SSSR count). The van der Waals surface area contributed by atoms with Crippen molar-refractivity contribution >= 4 is 10.9 Å². The Morgan fingerprint density at radius 3 is 2.57 bits per heavy atom. The minimum Gasteiger partial charge on any atom is -0.494 e. The van der Waals surface area contributed by atoms with Gasteiger partial charge in [0, 0.05) is 11.6 Å². The van der Waals surface area contributed by atoms with E-state index in [4.69, 9.17) is 10.5 Å². The Balaban J connectivity index is 2.12. The van der Waals surface area contributed by atoms with Gasteiger partial charge in [-0.25, -0.2) is 0 Å². The largest absolute Gasteiger partial charge is 0.494 e. The van der Waals surface area contributed by atoms with Crippen LogP contribution in [0.15, 0.2) is 54.7 Å². The first-order valence-corrected chi connectivity index (χ1v) is 7.04. The van der Waals surface area contributed by atoms with Crippen LogP contribution in [0.1, 0.15) is 5.56 Å². The van der Waals surface area contributed by atoms with Crippen molar-refractivity contribution in [3.63, 3.8) is 0 Å². The number of fused-ring (bicyclic) bond motifs is 1. The minimum atomic E-state index is 0.675. The van der Waals surface area contributed by atoms with Gasteiger partial charge < -0.3 is 10.5 Å². The van der Waals surface area contributed by atoms with Crippen LogP contribution >= 0.6 is 0 Å². The first-order chi connectivity index (χ1) is 10.3. The Morgan fingerprint density at radius 2 is 1.86 bits per heavy atom. The number of nitrogens with two attached hydrogens (primary N) is 1. The van der Waals surface area contributed by atoms with Crippen LogP contribution in [-0.4, -0.2) is 18.6 Å². The number of aromatic nitrogens is 1. The van der Waals surface area contributed by atoms with Crippen LogP contribution in [0.25, 0.3) is 22.0 Å². The second-order valence-electron chi connectivity index (χ2n) is 4.95. The van der Waals surface area contributed by atoms with E-state index >= 15 is 0 Å². The third kappa shape index (κ3) is 2.60. The van der Waals surface area contributed by atoms with Crippen LogP contribution in [0.5, 0.6) is 5.75 Å². The molecule has 0 amide bonds. The first-order valence-electron chi connectivity index (χ1n) is 7.04. The normalized spacial score (nSPS) is 10.8. The summed E-state index contributed by atoms with van der Waals surface area (Å²) in [5.41, 5.74) is 10.1. The van der Waals surface area contributed by atoms with Gasteiger partial charge in [-0.15, -0.1) is 0 Å². The summed E-state index contributed by atoms with van der Waals surface area (Å²) in [7, 11) is 1.67. The van der Waals surface area contributed by atoms with Gasteiger partial charge in [-0.05, 0) is 47.9 Å². The van der Waals surface area contributed by atoms with Crippen molar-refractivity contribution in [3.8, 4) is 16.9 Å². The van der Waals surface area contributed by atoms with E-state index in [1.165, 1.54) is 11.1 Å². The quantitative estimate of drug-likeness (QED) is 0.795. The fourth-order valence-electron chi connectivity index (χ4n) is 2.58. The molecule has 0 bridgehead atoms. The summed E-state index contributed by atoms with van der Waals surface area (Å²) < 4.78 is 5.39. The zero-order chi connectivity index (χ0) is 14.7. The predicted octanol–water partition coefficient (Wildman–Crippen LogP) is 3.41. The molecule has 1 aromatic heterocycles. The average molecular weight is 278 g/mol. The second-order valence-corrected chi connectivity index (χ2v) is 4.95. The summed E-state index contributed by atoms with van der Waals surface area (Å²) in [6, 6.07) is 16.6. The number of ether oxygens (including phenoxy) is 1. The maximum Gasteiger partial charge on any atom is 0.145 e. The molecular weight excluding hydrogens is 260 g/mol. The molecule has 0 atom stereocenters. The summed E-state index contributed by atoms with van der Waals surface area (Å²) >= 11 is 0. The highest BCUT2D eigenvalue weighted by Gasteiger charge is 2.08. The maximum absolute atomic E-state index is 5.59. The molecule has 0 saturated carbocycles. The van der Waals surface area contributed by atoms with E-state index < -0.39 is 0 Å². The van der Waals surface area contributed by atoms with Crippen LogP contribution in [-0.2, 0) is 6.42 Å². The molecule has 3 heteroatoms. The topological polar surface area (TPSA) is 48.1 Å². The summed E-state index contributed by atoms with van der Waals surface area (Å²) in [5.74, 6) is 0.800. The van der Waals surface area contributed by atoms with E-state index in [0.29, 0.717) is 6.54 Å². The second kappa shape index (κ2) is 5.94. The number of hydrogen-bond donors (Lipinski definition) is 1. The van der Waals surface area contributed by atoms with Gasteiger partial charge in [0.25, 0.3) is 0 Å². The van der Waals surface area contributed by atoms with Crippen molar-refractivity contribution in [2.24, 2.45) is 5.73 Å². The van der Waals surface area contributed by atoms with E-state index in [0.717, 1.165) is 28.6 Å². The summed E-state index contributed by atoms with van der Waals surface area (Å²) in [4.78, 5) is 4.44. The van der Waals surface area contributed by atoms with Gasteiger partial charge >= 0.3 is 0 Å². The smallest absolute Gasteiger partial charge is 0.145 e. The fraction of sp³-hybridized carbons (Fsp3) is 0.167. The van der Waals surface area contributed by atoms with Crippen LogP contribution in [0.2, 0.25) is 0 Å². The Bertz CT molecular complexity index is 751. The molecule has 3 nitrogen and oxygen atoms in total. The Hall–Kier alpha value is -2.39. The number of pyridine rings is 1. The van der Waals surface area contributed by atoms with Crippen LogP contribution in [0, 0.1) is 0 Å². The molecule has 0 saturated heterocycles. The number of benzene rings is 2. The summed E-state index contributed by atoms with van der Waals surface area (Å²) in [5, 5.41) is 1.10. The fourth-order valence-corrected chi connectivity index (χ4v) is 2.58. The minimum absolute atomic E-state index is 0.675. The summed E-state index contributed by atoms with van der Waals surface area (Å²) in [6.07, 6.45) is 2.70. The van der Waals surface area contributed by atoms with Gasteiger partial charge in [-0.1, -0.05) is 30.3 Å². The zero-order valence-corrected chi connectivity index (χ0v) is 12.0. The maximum atomic E-state index is 5.59. The molecule has 0 spiro atoms. The van der Waals surface area contributed by atoms with Gasteiger partial charge in [0.15, 0.2) is 0 Å². The molecule has 0 radical (unpaired) electrons. The third-order valence-electron chi connectivity index (χ3n) is 3.65. The molecule has 3 aromatic rings. The van der Waals surface area contributed by atoms with Crippen molar-refractivity contribution in [3.05, 3.63) is 60.3 Å². The van der Waals surface area contributed by atoms with Gasteiger partial charge in [-0.3, -0.25) is 4.98 Å². The molecule has 2 N–H and O–H groups in total. The van der Waals surface area contributed by atoms with Crippen LogP contribution in [0.4, 0.5) is 0 Å². The molecule has 21 heavy (non-hydrogen) atoms. The molecule has 0 aliphatic carbocycles. The molecule has 0 unspecified atom stereocenters. The van der Waals surface area contributed by atoms with E-state index in [1.807, 2.05) is 12.1 Å².